The van der Waals surface area contributed by atoms with Crippen molar-refractivity contribution >= 4 is 100 Å². The molecule has 6 aromatic carbocycles. The highest BCUT2D eigenvalue weighted by Gasteiger charge is 2.48. The van der Waals surface area contributed by atoms with Gasteiger partial charge in [0, 0.05) is 53.9 Å². The lowest BCUT2D eigenvalue weighted by Crippen LogP contribution is -2.62. The minimum Gasteiger partial charge on any atom is -0.311 e. The fourth-order valence-corrected chi connectivity index (χ4v) is 15.3. The maximum absolute atomic E-state index is 7.67. The van der Waals surface area contributed by atoms with Crippen LogP contribution in [-0.4, -0.2) is 6.71 Å². The Bertz CT molecular complexity index is 3420. The van der Waals surface area contributed by atoms with E-state index < -0.39 is 0 Å². The van der Waals surface area contributed by atoms with Crippen LogP contribution in [0.3, 0.4) is 0 Å². The van der Waals surface area contributed by atoms with E-state index in [1.54, 1.807) is 0 Å². The topological polar surface area (TPSA) is 6.48 Å². The van der Waals surface area contributed by atoms with Crippen molar-refractivity contribution in [2.24, 2.45) is 0 Å². The molecule has 0 amide bonds. The SMILES string of the molecule is Cc1cc2c(cc1N1c3cc4sc5ccc(C(C)(C)C)cc5c4cc3B3c4cc5c(cc4N(c4ccc6c(c4)C(C)(C)CCC6(C)C)c4cc(Cl)cc1c43)C(C)(C)CCC5(C)C)C(C)(C)CCC2(C)C. The largest absolute Gasteiger partial charge is 0.311 e. The van der Waals surface area contributed by atoms with Crippen LogP contribution < -0.4 is 26.2 Å². The maximum atomic E-state index is 7.67. The minimum atomic E-state index is -0.0163. The highest BCUT2D eigenvalue weighted by atomic mass is 35.5. The van der Waals surface area contributed by atoms with E-state index >= 15 is 0 Å². The first kappa shape index (κ1) is 46.6. The second-order valence-corrected chi connectivity index (χ2v) is 29.1. The molecule has 5 aliphatic rings. The van der Waals surface area contributed by atoms with Crippen LogP contribution in [-0.2, 0) is 37.9 Å². The van der Waals surface area contributed by atoms with Gasteiger partial charge in [-0.3, -0.25) is 0 Å². The number of benzene rings is 6. The zero-order valence-electron chi connectivity index (χ0n) is 45.1. The Labute approximate surface area is 429 Å². The Kier molecular flexibility index (Phi) is 9.70. The highest BCUT2D eigenvalue weighted by molar-refractivity contribution is 7.26. The fraction of sp³-hybridized carbons (Fsp3) is 0.446. The van der Waals surface area contributed by atoms with Crippen LogP contribution in [0.5, 0.6) is 0 Å². The normalized spacial score (nSPS) is 20.6. The van der Waals surface area contributed by atoms with Crippen molar-refractivity contribution in [3.05, 3.63) is 134 Å². The van der Waals surface area contributed by atoms with Crippen molar-refractivity contribution in [3.8, 4) is 0 Å². The second-order valence-electron chi connectivity index (χ2n) is 27.6. The number of hydrogen-bond donors (Lipinski definition) is 0. The Morgan fingerprint density at radius 1 is 0.457 bits per heavy atom. The molecule has 70 heavy (non-hydrogen) atoms. The monoisotopic (exact) mass is 961 g/mol. The van der Waals surface area contributed by atoms with E-state index in [-0.39, 0.29) is 44.6 Å². The molecule has 0 spiro atoms. The molecule has 0 N–H and O–H groups in total. The first-order valence-electron chi connectivity index (χ1n) is 26.5. The number of thiophene rings is 1. The van der Waals surface area contributed by atoms with Gasteiger partial charge in [0.25, 0.3) is 6.71 Å². The number of rotatable bonds is 2. The minimum absolute atomic E-state index is 0.0163. The molecule has 3 aliphatic carbocycles. The summed E-state index contributed by atoms with van der Waals surface area (Å²) in [5.74, 6) is 0. The molecule has 0 unspecified atom stereocenters. The molecule has 2 aliphatic heterocycles. The lowest BCUT2D eigenvalue weighted by molar-refractivity contribution is 0.332. The quantitative estimate of drug-likeness (QED) is 0.159. The third-order valence-corrected chi connectivity index (χ3v) is 20.3. The third kappa shape index (κ3) is 6.69. The van der Waals surface area contributed by atoms with Gasteiger partial charge in [-0.15, -0.1) is 11.3 Å². The van der Waals surface area contributed by atoms with Gasteiger partial charge in [0.2, 0.25) is 0 Å². The van der Waals surface area contributed by atoms with Gasteiger partial charge in [0.05, 0.1) is 0 Å². The van der Waals surface area contributed by atoms with Gasteiger partial charge in [-0.25, -0.2) is 0 Å². The summed E-state index contributed by atoms with van der Waals surface area (Å²) in [6, 6.07) is 35.0. The molecule has 0 saturated carbocycles. The van der Waals surface area contributed by atoms with Crippen LogP contribution in [0.4, 0.5) is 34.1 Å². The molecule has 7 aromatic rings. The maximum Gasteiger partial charge on any atom is 0.252 e. The average molecular weight is 962 g/mol. The van der Waals surface area contributed by atoms with E-state index in [1.807, 2.05) is 11.3 Å². The number of fused-ring (bicyclic) bond motifs is 10. The molecule has 2 nitrogen and oxygen atoms in total. The molecular weight excluding hydrogens is 887 g/mol. The van der Waals surface area contributed by atoms with E-state index in [4.69, 9.17) is 11.6 Å². The molecule has 3 heterocycles. The summed E-state index contributed by atoms with van der Waals surface area (Å²) in [6.07, 6.45) is 7.04. The summed E-state index contributed by atoms with van der Waals surface area (Å²) in [4.78, 5) is 5.30. The van der Waals surface area contributed by atoms with Gasteiger partial charge in [-0.1, -0.05) is 146 Å². The molecule has 0 fully saturated rings. The van der Waals surface area contributed by atoms with Gasteiger partial charge in [0.15, 0.2) is 0 Å². The smallest absolute Gasteiger partial charge is 0.252 e. The Balaban J connectivity index is 1.22. The van der Waals surface area contributed by atoms with Crippen LogP contribution in [0.2, 0.25) is 5.02 Å². The fourth-order valence-electron chi connectivity index (χ4n) is 14.0. The Morgan fingerprint density at radius 2 is 0.929 bits per heavy atom. The second kappa shape index (κ2) is 14.6. The lowest BCUT2D eigenvalue weighted by Gasteiger charge is -2.48. The molecular formula is C65H74BClN2S. The van der Waals surface area contributed by atoms with Gasteiger partial charge < -0.3 is 9.80 Å². The number of anilines is 6. The number of halogens is 1. The van der Waals surface area contributed by atoms with E-state index in [0.29, 0.717) is 0 Å². The Hall–Kier alpha value is -4.51. The molecule has 12 rings (SSSR count). The molecule has 0 saturated heterocycles. The molecule has 0 atom stereocenters. The van der Waals surface area contributed by atoms with Crippen molar-refractivity contribution in [3.63, 3.8) is 0 Å². The van der Waals surface area contributed by atoms with Crippen LogP contribution in [0.1, 0.15) is 187 Å². The zero-order chi connectivity index (χ0) is 49.8. The van der Waals surface area contributed by atoms with Gasteiger partial charge in [0.1, 0.15) is 0 Å². The van der Waals surface area contributed by atoms with E-state index in [2.05, 4.69) is 206 Å². The first-order chi connectivity index (χ1) is 32.6. The summed E-state index contributed by atoms with van der Waals surface area (Å²) < 4.78 is 2.68. The lowest BCUT2D eigenvalue weighted by atomic mass is 9.33. The van der Waals surface area contributed by atoms with E-state index in [1.165, 1.54) is 141 Å². The summed E-state index contributed by atoms with van der Waals surface area (Å²) in [5, 5.41) is 3.49. The number of hydrogen-bond acceptors (Lipinski definition) is 3. The summed E-state index contributed by atoms with van der Waals surface area (Å²) in [7, 11) is 0. The molecule has 5 heteroatoms. The zero-order valence-corrected chi connectivity index (χ0v) is 46.7. The summed E-state index contributed by atoms with van der Waals surface area (Å²) in [5.41, 5.74) is 23.6. The van der Waals surface area contributed by atoms with Crippen LogP contribution >= 0.6 is 22.9 Å². The van der Waals surface area contributed by atoms with Gasteiger partial charge in [-0.05, 0) is 204 Å². The number of aryl methyl sites for hydroxylation is 1. The van der Waals surface area contributed by atoms with Crippen LogP contribution in [0, 0.1) is 6.92 Å². The van der Waals surface area contributed by atoms with Gasteiger partial charge >= 0.3 is 0 Å². The Morgan fingerprint density at radius 3 is 1.51 bits per heavy atom. The van der Waals surface area contributed by atoms with Crippen molar-refractivity contribution in [1.82, 2.24) is 0 Å². The highest BCUT2D eigenvalue weighted by Crippen LogP contribution is 2.55. The average Bonchev–Trinajstić information content (AvgIpc) is 3.64. The molecule has 0 radical (unpaired) electrons. The van der Waals surface area contributed by atoms with Crippen LogP contribution in [0.15, 0.2) is 84.9 Å². The summed E-state index contributed by atoms with van der Waals surface area (Å²) >= 11 is 9.61. The predicted molar refractivity (Wildman–Crippen MR) is 308 cm³/mol. The number of nitrogens with zero attached hydrogens (tertiary/aromatic N) is 2. The standard InChI is InChI=1S/C65H74BClN2S/c1-37-27-44-47(64(13,14)25-23-61(44,7)8)34-51(37)69-53-36-57-42(41-28-38(59(2,3)4)17-20-56(41)70-57)32-49(53)66-50-33-46-48(65(15,16)26-24-63(46,11)12)35-52(50)68(54-29-39(67)30-55(69)58(54)66)40-18-19-43-45(31-40)62(9,10)22-21-60(43,5)6/h17-20,27-36H,21-26H2,1-16H3. The first-order valence-corrected chi connectivity index (χ1v) is 27.7. The van der Waals surface area contributed by atoms with Crippen molar-refractivity contribution in [2.75, 3.05) is 9.80 Å². The molecule has 1 aromatic heterocycles. The summed E-state index contributed by atoms with van der Waals surface area (Å²) in [6.45, 7) is 39.0. The van der Waals surface area contributed by atoms with Crippen molar-refractivity contribution in [2.45, 2.75) is 187 Å². The van der Waals surface area contributed by atoms with Gasteiger partial charge in [-0.2, -0.15) is 0 Å². The van der Waals surface area contributed by atoms with Crippen molar-refractivity contribution in [1.29, 1.82) is 0 Å². The van der Waals surface area contributed by atoms with E-state index in [9.17, 15) is 0 Å². The predicted octanol–water partition coefficient (Wildman–Crippen LogP) is 17.4. The van der Waals surface area contributed by atoms with Crippen LogP contribution in [0.25, 0.3) is 20.2 Å². The molecule has 360 valence electrons. The molecule has 0 bridgehead atoms. The van der Waals surface area contributed by atoms with Crippen molar-refractivity contribution < 1.29 is 0 Å². The van der Waals surface area contributed by atoms with E-state index in [0.717, 1.165) is 17.9 Å². The third-order valence-electron chi connectivity index (χ3n) is 19.0.